The van der Waals surface area contributed by atoms with Crippen molar-refractivity contribution in [2.75, 3.05) is 24.2 Å². The van der Waals surface area contributed by atoms with E-state index in [9.17, 15) is 26.8 Å². The third-order valence-electron chi connectivity index (χ3n) is 5.69. The number of sulfonamides is 1. The van der Waals surface area contributed by atoms with Crippen LogP contribution >= 0.6 is 11.6 Å². The smallest absolute Gasteiger partial charge is 0.244 e. The van der Waals surface area contributed by atoms with Crippen molar-refractivity contribution in [1.29, 1.82) is 0 Å². The summed E-state index contributed by atoms with van der Waals surface area (Å²) in [5.41, 5.74) is 0.855. The van der Waals surface area contributed by atoms with Gasteiger partial charge in [0.2, 0.25) is 21.8 Å². The first-order chi connectivity index (χ1) is 17.5. The standard InChI is InChI=1S/C26H26ClF2N3O4S/c1-30-26(34)24(14-18-8-4-3-5-9-18)31(16-19-10-6-7-11-22(19)28)25(33)17-32(37(2,35)36)20-12-13-23(29)21(27)15-20/h3-13,15,24H,14,16-17H2,1-2H3,(H,30,34)/t24-/m1/s1. The molecule has 1 N–H and O–H groups in total. The molecule has 0 heterocycles. The molecule has 0 aliphatic heterocycles. The molecule has 0 aliphatic rings. The third kappa shape index (κ3) is 7.27. The van der Waals surface area contributed by atoms with Crippen LogP contribution in [0.4, 0.5) is 14.5 Å². The molecule has 37 heavy (non-hydrogen) atoms. The Morgan fingerprint density at radius 1 is 0.973 bits per heavy atom. The van der Waals surface area contributed by atoms with Crippen LogP contribution in [-0.4, -0.2) is 51.0 Å². The van der Waals surface area contributed by atoms with Crippen LogP contribution in [0.25, 0.3) is 0 Å². The number of likely N-dealkylation sites (N-methyl/N-ethyl adjacent to an activating group) is 1. The lowest BCUT2D eigenvalue weighted by atomic mass is 10.0. The fourth-order valence-corrected chi connectivity index (χ4v) is 4.80. The normalized spacial score (nSPS) is 12.0. The van der Waals surface area contributed by atoms with E-state index < -0.39 is 46.1 Å². The Labute approximate surface area is 219 Å². The van der Waals surface area contributed by atoms with E-state index in [1.54, 1.807) is 36.4 Å². The van der Waals surface area contributed by atoms with Gasteiger partial charge in [0.05, 0.1) is 17.0 Å². The minimum atomic E-state index is -4.04. The van der Waals surface area contributed by atoms with Crippen LogP contribution in [0, 0.1) is 11.6 Å². The van der Waals surface area contributed by atoms with Crippen molar-refractivity contribution in [3.8, 4) is 0 Å². The van der Waals surface area contributed by atoms with Crippen molar-refractivity contribution in [2.24, 2.45) is 0 Å². The van der Waals surface area contributed by atoms with E-state index in [0.29, 0.717) is 0 Å². The van der Waals surface area contributed by atoms with Crippen molar-refractivity contribution in [2.45, 2.75) is 19.0 Å². The monoisotopic (exact) mass is 549 g/mol. The number of nitrogens with zero attached hydrogens (tertiary/aromatic N) is 2. The van der Waals surface area contributed by atoms with Gasteiger partial charge in [-0.2, -0.15) is 0 Å². The molecule has 0 aromatic heterocycles. The van der Waals surface area contributed by atoms with Gasteiger partial charge >= 0.3 is 0 Å². The van der Waals surface area contributed by atoms with E-state index in [2.05, 4.69) is 5.32 Å². The van der Waals surface area contributed by atoms with Gasteiger partial charge in [-0.1, -0.05) is 60.1 Å². The van der Waals surface area contributed by atoms with Gasteiger partial charge in [-0.15, -0.1) is 0 Å². The topological polar surface area (TPSA) is 86.8 Å². The molecule has 0 radical (unpaired) electrons. The summed E-state index contributed by atoms with van der Waals surface area (Å²) >= 11 is 5.85. The van der Waals surface area contributed by atoms with Crippen LogP contribution in [-0.2, 0) is 32.6 Å². The number of hydrogen-bond acceptors (Lipinski definition) is 4. The molecule has 11 heteroatoms. The number of hydrogen-bond donors (Lipinski definition) is 1. The molecule has 0 aliphatic carbocycles. The van der Waals surface area contributed by atoms with Crippen molar-refractivity contribution in [3.63, 3.8) is 0 Å². The number of benzene rings is 3. The number of halogens is 3. The van der Waals surface area contributed by atoms with Crippen LogP contribution in [0.5, 0.6) is 0 Å². The molecule has 196 valence electrons. The van der Waals surface area contributed by atoms with Gasteiger partial charge in [-0.3, -0.25) is 13.9 Å². The lowest BCUT2D eigenvalue weighted by Crippen LogP contribution is -2.53. The van der Waals surface area contributed by atoms with E-state index >= 15 is 0 Å². The van der Waals surface area contributed by atoms with E-state index in [0.717, 1.165) is 33.2 Å². The highest BCUT2D eigenvalue weighted by Crippen LogP contribution is 2.25. The quantitative estimate of drug-likeness (QED) is 0.417. The Balaban J connectivity index is 2.05. The summed E-state index contributed by atoms with van der Waals surface area (Å²) in [5, 5.41) is 2.21. The molecule has 7 nitrogen and oxygen atoms in total. The Morgan fingerprint density at radius 2 is 1.62 bits per heavy atom. The fraction of sp³-hybridized carbons (Fsp3) is 0.231. The zero-order valence-electron chi connectivity index (χ0n) is 20.2. The summed E-state index contributed by atoms with van der Waals surface area (Å²) in [4.78, 5) is 27.8. The minimum absolute atomic E-state index is 0.0346. The van der Waals surface area contributed by atoms with E-state index in [1.165, 1.54) is 31.3 Å². The molecule has 0 fully saturated rings. The average Bonchev–Trinajstić information content (AvgIpc) is 2.86. The van der Waals surface area contributed by atoms with Gasteiger partial charge in [0.1, 0.15) is 24.2 Å². The fourth-order valence-electron chi connectivity index (χ4n) is 3.78. The van der Waals surface area contributed by atoms with Crippen LogP contribution in [0.3, 0.4) is 0 Å². The SMILES string of the molecule is CNC(=O)[C@@H](Cc1ccccc1)N(Cc1ccccc1F)C(=O)CN(c1ccc(F)c(Cl)c1)S(C)(=O)=O. The number of anilines is 1. The molecular weight excluding hydrogens is 524 g/mol. The van der Waals surface area contributed by atoms with Gasteiger partial charge in [-0.05, 0) is 29.8 Å². The highest BCUT2D eigenvalue weighted by molar-refractivity contribution is 7.92. The zero-order chi connectivity index (χ0) is 27.2. The van der Waals surface area contributed by atoms with Crippen LogP contribution in [0.15, 0.2) is 72.8 Å². The highest BCUT2D eigenvalue weighted by atomic mass is 35.5. The van der Waals surface area contributed by atoms with Gasteiger partial charge in [0.15, 0.2) is 0 Å². The Kier molecular flexibility index (Phi) is 9.23. The molecule has 0 unspecified atom stereocenters. The summed E-state index contributed by atoms with van der Waals surface area (Å²) in [7, 11) is -2.63. The minimum Gasteiger partial charge on any atom is -0.357 e. The second-order valence-corrected chi connectivity index (χ2v) is 10.6. The molecule has 3 aromatic rings. The van der Waals surface area contributed by atoms with E-state index in [4.69, 9.17) is 11.6 Å². The Morgan fingerprint density at radius 3 is 2.22 bits per heavy atom. The van der Waals surface area contributed by atoms with Crippen molar-refractivity contribution >= 4 is 39.1 Å². The molecule has 0 spiro atoms. The third-order valence-corrected chi connectivity index (χ3v) is 7.12. The summed E-state index contributed by atoms with van der Waals surface area (Å²) in [5.74, 6) is -2.61. The predicted octanol–water partition coefficient (Wildman–Crippen LogP) is 3.77. The lowest BCUT2D eigenvalue weighted by Gasteiger charge is -2.33. The van der Waals surface area contributed by atoms with E-state index in [-0.39, 0.29) is 29.2 Å². The van der Waals surface area contributed by atoms with Crippen molar-refractivity contribution in [3.05, 3.63) is 101 Å². The van der Waals surface area contributed by atoms with Crippen molar-refractivity contribution in [1.82, 2.24) is 10.2 Å². The number of amides is 2. The molecule has 0 saturated carbocycles. The zero-order valence-corrected chi connectivity index (χ0v) is 21.8. The van der Waals surface area contributed by atoms with Gasteiger partial charge in [0, 0.05) is 25.6 Å². The maximum absolute atomic E-state index is 14.6. The van der Waals surface area contributed by atoms with E-state index in [1.807, 2.05) is 0 Å². The first-order valence-electron chi connectivity index (χ1n) is 11.2. The van der Waals surface area contributed by atoms with Gasteiger partial charge in [-0.25, -0.2) is 17.2 Å². The summed E-state index contributed by atoms with van der Waals surface area (Å²) < 4.78 is 54.3. The molecule has 0 bridgehead atoms. The largest absolute Gasteiger partial charge is 0.357 e. The number of carbonyl (C=O) groups is 2. The first-order valence-corrected chi connectivity index (χ1v) is 13.4. The van der Waals surface area contributed by atoms with Crippen LogP contribution in [0.2, 0.25) is 5.02 Å². The maximum Gasteiger partial charge on any atom is 0.244 e. The molecule has 1 atom stereocenters. The Bertz CT molecular complexity index is 1370. The van der Waals surface area contributed by atoms with Crippen LogP contribution < -0.4 is 9.62 Å². The highest BCUT2D eigenvalue weighted by Gasteiger charge is 2.33. The molecule has 2 amide bonds. The van der Waals surface area contributed by atoms with Gasteiger partial charge in [0.25, 0.3) is 0 Å². The predicted molar refractivity (Wildman–Crippen MR) is 139 cm³/mol. The summed E-state index contributed by atoms with van der Waals surface area (Å²) in [6.45, 7) is -1.02. The Hall–Kier alpha value is -3.50. The first kappa shape index (κ1) is 28.1. The summed E-state index contributed by atoms with van der Waals surface area (Å²) in [6, 6.07) is 16.9. The van der Waals surface area contributed by atoms with Gasteiger partial charge < -0.3 is 10.2 Å². The molecular formula is C26H26ClF2N3O4S. The van der Waals surface area contributed by atoms with Crippen LogP contribution in [0.1, 0.15) is 11.1 Å². The average molecular weight is 550 g/mol. The maximum atomic E-state index is 14.6. The molecule has 3 rings (SSSR count). The summed E-state index contributed by atoms with van der Waals surface area (Å²) in [6.07, 6.45) is 0.987. The lowest BCUT2D eigenvalue weighted by molar-refractivity contribution is -0.139. The second-order valence-electron chi connectivity index (χ2n) is 8.30. The second kappa shape index (κ2) is 12.2. The number of rotatable bonds is 10. The number of carbonyl (C=O) groups excluding carboxylic acids is 2. The molecule has 3 aromatic carbocycles. The molecule has 0 saturated heterocycles. The van der Waals surface area contributed by atoms with Crippen molar-refractivity contribution < 1.29 is 26.8 Å². The number of nitrogens with one attached hydrogen (secondary N) is 1.